The number of allylic oxidation sites excluding steroid dienone is 1. The molecule has 0 radical (unpaired) electrons. The lowest BCUT2D eigenvalue weighted by molar-refractivity contribution is 0.104. The first-order chi connectivity index (χ1) is 9.56. The first-order valence-electron chi connectivity index (χ1n) is 6.09. The maximum atomic E-state index is 11.9. The van der Waals surface area contributed by atoms with Crippen LogP contribution in [0.15, 0.2) is 59.2 Å². The van der Waals surface area contributed by atoms with E-state index in [9.17, 15) is 9.90 Å². The lowest BCUT2D eigenvalue weighted by Crippen LogP contribution is -1.96. The van der Waals surface area contributed by atoms with Gasteiger partial charge in [-0.1, -0.05) is 15.9 Å². The van der Waals surface area contributed by atoms with Crippen LogP contribution in [0.3, 0.4) is 0 Å². The number of anilines is 1. The number of aromatic hydroxyl groups is 1. The summed E-state index contributed by atoms with van der Waals surface area (Å²) in [5.41, 5.74) is 2.39. The van der Waals surface area contributed by atoms with Crippen molar-refractivity contribution >= 4 is 27.4 Å². The molecule has 0 heterocycles. The van der Waals surface area contributed by atoms with Crippen LogP contribution in [0.2, 0.25) is 0 Å². The van der Waals surface area contributed by atoms with Crippen molar-refractivity contribution in [3.05, 3.63) is 70.3 Å². The van der Waals surface area contributed by atoms with Gasteiger partial charge in [0.1, 0.15) is 5.75 Å². The van der Waals surface area contributed by atoms with Crippen LogP contribution in [0.1, 0.15) is 15.9 Å². The average molecular weight is 332 g/mol. The molecule has 102 valence electrons. The molecule has 0 atom stereocenters. The van der Waals surface area contributed by atoms with Crippen molar-refractivity contribution in [2.75, 3.05) is 5.32 Å². The molecule has 0 bridgehead atoms. The van der Waals surface area contributed by atoms with Crippen molar-refractivity contribution in [1.29, 1.82) is 0 Å². The number of aryl methyl sites for hydroxylation is 1. The Morgan fingerprint density at radius 3 is 2.55 bits per heavy atom. The van der Waals surface area contributed by atoms with Crippen LogP contribution >= 0.6 is 15.9 Å². The number of phenolic OH excluding ortho intramolecular Hbond substituents is 1. The van der Waals surface area contributed by atoms with Crippen LogP contribution in [0.4, 0.5) is 5.69 Å². The fraction of sp³-hybridized carbons (Fsp3) is 0.0625. The molecule has 2 rings (SSSR count). The van der Waals surface area contributed by atoms with E-state index >= 15 is 0 Å². The molecule has 0 spiro atoms. The molecule has 2 aromatic rings. The Morgan fingerprint density at radius 2 is 1.90 bits per heavy atom. The molecule has 0 unspecified atom stereocenters. The molecule has 4 heteroatoms. The highest BCUT2D eigenvalue weighted by molar-refractivity contribution is 9.10. The number of hydrogen-bond acceptors (Lipinski definition) is 3. The molecular formula is C16H14BrNO2. The summed E-state index contributed by atoms with van der Waals surface area (Å²) in [7, 11) is 0. The SMILES string of the molecule is Cc1cc(O)ccc1NC=CC(=O)c1ccc(Br)cc1. The summed E-state index contributed by atoms with van der Waals surface area (Å²) < 4.78 is 0.941. The van der Waals surface area contributed by atoms with E-state index in [2.05, 4.69) is 21.2 Å². The fourth-order valence-electron chi connectivity index (χ4n) is 1.73. The van der Waals surface area contributed by atoms with Gasteiger partial charge in [-0.3, -0.25) is 4.79 Å². The van der Waals surface area contributed by atoms with Crippen molar-refractivity contribution in [1.82, 2.24) is 0 Å². The lowest BCUT2D eigenvalue weighted by atomic mass is 10.1. The second kappa shape index (κ2) is 6.39. The summed E-state index contributed by atoms with van der Waals surface area (Å²) in [5, 5.41) is 12.3. The number of hydrogen-bond donors (Lipinski definition) is 2. The van der Waals surface area contributed by atoms with Crippen LogP contribution in [0, 0.1) is 6.92 Å². The van der Waals surface area contributed by atoms with Gasteiger partial charge in [0.25, 0.3) is 0 Å². The fourth-order valence-corrected chi connectivity index (χ4v) is 1.99. The topological polar surface area (TPSA) is 49.3 Å². The Kier molecular flexibility index (Phi) is 4.58. The van der Waals surface area contributed by atoms with Crippen molar-refractivity contribution in [3.63, 3.8) is 0 Å². The molecule has 3 nitrogen and oxygen atoms in total. The molecule has 0 saturated carbocycles. The van der Waals surface area contributed by atoms with Gasteiger partial charge < -0.3 is 10.4 Å². The van der Waals surface area contributed by atoms with Crippen LogP contribution in [0.25, 0.3) is 0 Å². The number of phenols is 1. The minimum Gasteiger partial charge on any atom is -0.508 e. The average Bonchev–Trinajstić information content (AvgIpc) is 2.42. The molecule has 0 fully saturated rings. The summed E-state index contributed by atoms with van der Waals surface area (Å²) in [6.07, 6.45) is 3.08. The number of nitrogens with one attached hydrogen (secondary N) is 1. The monoisotopic (exact) mass is 331 g/mol. The van der Waals surface area contributed by atoms with E-state index in [1.54, 1.807) is 36.5 Å². The molecule has 0 amide bonds. The number of benzene rings is 2. The third-order valence-corrected chi connectivity index (χ3v) is 3.34. The van der Waals surface area contributed by atoms with Gasteiger partial charge in [0.15, 0.2) is 5.78 Å². The zero-order valence-corrected chi connectivity index (χ0v) is 12.5. The van der Waals surface area contributed by atoms with Gasteiger partial charge in [-0.05, 0) is 55.0 Å². The lowest BCUT2D eigenvalue weighted by Gasteiger charge is -2.05. The number of rotatable bonds is 4. The molecule has 0 aliphatic heterocycles. The zero-order chi connectivity index (χ0) is 14.5. The van der Waals surface area contributed by atoms with E-state index in [0.717, 1.165) is 15.7 Å². The third-order valence-electron chi connectivity index (χ3n) is 2.81. The number of carbonyl (C=O) groups excluding carboxylic acids is 1. The molecule has 0 aliphatic rings. The molecule has 20 heavy (non-hydrogen) atoms. The van der Waals surface area contributed by atoms with Gasteiger partial charge in [-0.2, -0.15) is 0 Å². The summed E-state index contributed by atoms with van der Waals surface area (Å²) >= 11 is 3.33. The Hall–Kier alpha value is -2.07. The van der Waals surface area contributed by atoms with Crippen LogP contribution in [-0.4, -0.2) is 10.9 Å². The van der Waals surface area contributed by atoms with Crippen LogP contribution in [-0.2, 0) is 0 Å². The van der Waals surface area contributed by atoms with Crippen molar-refractivity contribution < 1.29 is 9.90 Å². The van der Waals surface area contributed by atoms with Gasteiger partial charge >= 0.3 is 0 Å². The van der Waals surface area contributed by atoms with Crippen LogP contribution in [0.5, 0.6) is 5.75 Å². The standard InChI is InChI=1S/C16H14BrNO2/c1-11-10-14(19)6-7-15(11)18-9-8-16(20)12-2-4-13(17)5-3-12/h2-10,18-19H,1H3. The van der Waals surface area contributed by atoms with E-state index in [-0.39, 0.29) is 11.5 Å². The Labute approximate surface area is 126 Å². The Bertz CT molecular complexity index is 648. The minimum atomic E-state index is -0.0681. The molecule has 2 N–H and O–H groups in total. The van der Waals surface area contributed by atoms with E-state index in [0.29, 0.717) is 5.56 Å². The summed E-state index contributed by atoms with van der Waals surface area (Å²) in [5.74, 6) is 0.157. The van der Waals surface area contributed by atoms with E-state index < -0.39 is 0 Å². The maximum Gasteiger partial charge on any atom is 0.187 e. The second-order valence-electron chi connectivity index (χ2n) is 4.35. The summed E-state index contributed by atoms with van der Waals surface area (Å²) in [6.45, 7) is 1.88. The predicted molar refractivity (Wildman–Crippen MR) is 84.1 cm³/mol. The Morgan fingerprint density at radius 1 is 1.20 bits per heavy atom. The van der Waals surface area contributed by atoms with E-state index in [1.165, 1.54) is 6.08 Å². The van der Waals surface area contributed by atoms with Gasteiger partial charge in [-0.15, -0.1) is 0 Å². The van der Waals surface area contributed by atoms with Gasteiger partial charge in [-0.25, -0.2) is 0 Å². The van der Waals surface area contributed by atoms with Gasteiger partial charge in [0, 0.05) is 28.0 Å². The first kappa shape index (κ1) is 14.3. The highest BCUT2D eigenvalue weighted by Crippen LogP contribution is 2.20. The maximum absolute atomic E-state index is 11.9. The first-order valence-corrected chi connectivity index (χ1v) is 6.88. The van der Waals surface area contributed by atoms with E-state index in [1.807, 2.05) is 19.1 Å². The molecule has 0 aromatic heterocycles. The zero-order valence-electron chi connectivity index (χ0n) is 10.9. The molecule has 0 saturated heterocycles. The summed E-state index contributed by atoms with van der Waals surface area (Å²) in [4.78, 5) is 11.9. The quantitative estimate of drug-likeness (QED) is 0.499. The van der Waals surface area contributed by atoms with Crippen LogP contribution < -0.4 is 5.32 Å². The second-order valence-corrected chi connectivity index (χ2v) is 5.26. The number of halogens is 1. The predicted octanol–water partition coefficient (Wildman–Crippen LogP) is 4.27. The molecule has 0 aliphatic carbocycles. The third kappa shape index (κ3) is 3.71. The highest BCUT2D eigenvalue weighted by atomic mass is 79.9. The summed E-state index contributed by atoms with van der Waals surface area (Å²) in [6, 6.07) is 12.2. The minimum absolute atomic E-state index is 0.0681. The Balaban J connectivity index is 2.02. The number of ketones is 1. The van der Waals surface area contributed by atoms with E-state index in [4.69, 9.17) is 0 Å². The highest BCUT2D eigenvalue weighted by Gasteiger charge is 2.01. The van der Waals surface area contributed by atoms with Gasteiger partial charge in [0.05, 0.1) is 0 Å². The largest absolute Gasteiger partial charge is 0.508 e. The number of carbonyl (C=O) groups is 1. The van der Waals surface area contributed by atoms with Crippen molar-refractivity contribution in [3.8, 4) is 5.75 Å². The normalized spacial score (nSPS) is 10.7. The van der Waals surface area contributed by atoms with Gasteiger partial charge in [0.2, 0.25) is 0 Å². The molecule has 2 aromatic carbocycles. The van der Waals surface area contributed by atoms with Crippen molar-refractivity contribution in [2.24, 2.45) is 0 Å². The van der Waals surface area contributed by atoms with Crippen molar-refractivity contribution in [2.45, 2.75) is 6.92 Å². The smallest absolute Gasteiger partial charge is 0.187 e. The molecular weight excluding hydrogens is 318 g/mol.